The molecule has 4 nitrogen and oxygen atoms in total. The van der Waals surface area contributed by atoms with E-state index in [9.17, 15) is 4.79 Å². The fourth-order valence-corrected chi connectivity index (χ4v) is 2.22. The van der Waals surface area contributed by atoms with Crippen LogP contribution in [0.15, 0.2) is 53.0 Å². The zero-order valence-corrected chi connectivity index (χ0v) is 12.8. The number of hydrogen-bond donors (Lipinski definition) is 2. The summed E-state index contributed by atoms with van der Waals surface area (Å²) in [5.74, 6) is -0.446. The standard InChI is InChI=1S/C16H14BrN3O/c17-13-5-3-12(4-6-13)15(16(19)21)20-14-7-1-11(2-8-14)9-10-18/h1-8,15,20H,9H2,(H2,19,21)/t15-/m1/s1. The number of anilines is 1. The van der Waals surface area contributed by atoms with Crippen molar-refractivity contribution in [3.05, 3.63) is 64.1 Å². The van der Waals surface area contributed by atoms with E-state index in [2.05, 4.69) is 27.3 Å². The van der Waals surface area contributed by atoms with Crippen LogP contribution in [0, 0.1) is 11.3 Å². The average molecular weight is 344 g/mol. The number of rotatable bonds is 5. The number of nitrogens with two attached hydrogens (primary N) is 1. The average Bonchev–Trinajstić information content (AvgIpc) is 2.47. The van der Waals surface area contributed by atoms with Crippen LogP contribution in [0.25, 0.3) is 0 Å². The molecule has 0 aliphatic carbocycles. The van der Waals surface area contributed by atoms with Crippen LogP contribution in [0.3, 0.4) is 0 Å². The van der Waals surface area contributed by atoms with Gasteiger partial charge in [-0.15, -0.1) is 0 Å². The minimum Gasteiger partial charge on any atom is -0.370 e. The van der Waals surface area contributed by atoms with Crippen LogP contribution >= 0.6 is 15.9 Å². The molecule has 0 fully saturated rings. The fourth-order valence-electron chi connectivity index (χ4n) is 1.95. The first-order valence-corrected chi connectivity index (χ1v) is 7.16. The number of hydrogen-bond acceptors (Lipinski definition) is 3. The molecule has 2 aromatic rings. The fraction of sp³-hybridized carbons (Fsp3) is 0.125. The van der Waals surface area contributed by atoms with E-state index in [4.69, 9.17) is 11.0 Å². The van der Waals surface area contributed by atoms with Gasteiger partial charge in [-0.2, -0.15) is 5.26 Å². The predicted octanol–water partition coefficient (Wildman–Crippen LogP) is 3.15. The van der Waals surface area contributed by atoms with Crippen molar-refractivity contribution < 1.29 is 4.79 Å². The molecule has 1 amide bonds. The largest absolute Gasteiger partial charge is 0.370 e. The molecule has 0 radical (unpaired) electrons. The van der Waals surface area contributed by atoms with Crippen LogP contribution in [-0.2, 0) is 11.2 Å². The highest BCUT2D eigenvalue weighted by molar-refractivity contribution is 9.10. The minimum atomic E-state index is -0.597. The summed E-state index contributed by atoms with van der Waals surface area (Å²) in [7, 11) is 0. The van der Waals surface area contributed by atoms with Crippen LogP contribution in [0.5, 0.6) is 0 Å². The van der Waals surface area contributed by atoms with Crippen molar-refractivity contribution in [3.8, 4) is 6.07 Å². The van der Waals surface area contributed by atoms with Gasteiger partial charge in [0.05, 0.1) is 12.5 Å². The Balaban J connectivity index is 2.18. The molecule has 0 aliphatic heterocycles. The van der Waals surface area contributed by atoms with Crippen molar-refractivity contribution >= 4 is 27.5 Å². The SMILES string of the molecule is N#CCc1ccc(N[C@@H](C(N)=O)c2ccc(Br)cc2)cc1. The van der Waals surface area contributed by atoms with E-state index >= 15 is 0 Å². The molecule has 106 valence electrons. The topological polar surface area (TPSA) is 78.9 Å². The van der Waals surface area contributed by atoms with Crippen LogP contribution in [0.1, 0.15) is 17.2 Å². The maximum Gasteiger partial charge on any atom is 0.244 e. The number of primary amides is 1. The maximum atomic E-state index is 11.7. The first-order valence-electron chi connectivity index (χ1n) is 6.37. The molecule has 5 heteroatoms. The summed E-state index contributed by atoms with van der Waals surface area (Å²) in [6.07, 6.45) is 0.367. The molecule has 0 aliphatic rings. The number of nitrogens with one attached hydrogen (secondary N) is 1. The van der Waals surface area contributed by atoms with Crippen molar-refractivity contribution in [3.63, 3.8) is 0 Å². The van der Waals surface area contributed by atoms with Crippen LogP contribution in [-0.4, -0.2) is 5.91 Å². The van der Waals surface area contributed by atoms with Gasteiger partial charge in [0, 0.05) is 10.2 Å². The Morgan fingerprint density at radius 3 is 2.33 bits per heavy atom. The first kappa shape index (κ1) is 15.1. The highest BCUT2D eigenvalue weighted by Gasteiger charge is 2.17. The Morgan fingerprint density at radius 2 is 1.81 bits per heavy atom. The number of carbonyl (C=O) groups excluding carboxylic acids is 1. The van der Waals surface area contributed by atoms with Crippen LogP contribution < -0.4 is 11.1 Å². The maximum absolute atomic E-state index is 11.7. The third kappa shape index (κ3) is 4.07. The number of carbonyl (C=O) groups is 1. The number of benzene rings is 2. The highest BCUT2D eigenvalue weighted by atomic mass is 79.9. The summed E-state index contributed by atoms with van der Waals surface area (Å²) in [5, 5.41) is 11.8. The zero-order valence-electron chi connectivity index (χ0n) is 11.2. The summed E-state index contributed by atoms with van der Waals surface area (Å²) in [4.78, 5) is 11.7. The van der Waals surface area contributed by atoms with Gasteiger partial charge < -0.3 is 11.1 Å². The quantitative estimate of drug-likeness (QED) is 0.875. The van der Waals surface area contributed by atoms with Gasteiger partial charge >= 0.3 is 0 Å². The predicted molar refractivity (Wildman–Crippen MR) is 85.5 cm³/mol. The zero-order chi connectivity index (χ0) is 15.2. The molecule has 0 aromatic heterocycles. The summed E-state index contributed by atoms with van der Waals surface area (Å²) in [6, 6.07) is 16.3. The molecule has 3 N–H and O–H groups in total. The molecule has 0 bridgehead atoms. The van der Waals surface area contributed by atoms with Gasteiger partial charge in [-0.25, -0.2) is 0 Å². The Kier molecular flexibility index (Phi) is 4.96. The number of amides is 1. The lowest BCUT2D eigenvalue weighted by Crippen LogP contribution is -2.27. The highest BCUT2D eigenvalue weighted by Crippen LogP contribution is 2.22. The summed E-state index contributed by atoms with van der Waals surface area (Å²) >= 11 is 3.36. The molecule has 0 saturated heterocycles. The summed E-state index contributed by atoms with van der Waals surface area (Å²) in [6.45, 7) is 0. The van der Waals surface area contributed by atoms with E-state index in [1.165, 1.54) is 0 Å². The third-order valence-corrected chi connectivity index (χ3v) is 3.56. The van der Waals surface area contributed by atoms with Crippen LogP contribution in [0.4, 0.5) is 5.69 Å². The summed E-state index contributed by atoms with van der Waals surface area (Å²) < 4.78 is 0.940. The molecular weight excluding hydrogens is 330 g/mol. The van der Waals surface area contributed by atoms with Gasteiger partial charge in [0.25, 0.3) is 0 Å². The molecule has 2 rings (SSSR count). The molecule has 0 saturated carbocycles. The normalized spacial score (nSPS) is 11.4. The second-order valence-corrected chi connectivity index (χ2v) is 5.48. The van der Waals surface area contributed by atoms with E-state index in [1.807, 2.05) is 48.5 Å². The molecular formula is C16H14BrN3O. The Hall–Kier alpha value is -2.32. The lowest BCUT2D eigenvalue weighted by molar-refractivity contribution is -0.118. The van der Waals surface area contributed by atoms with E-state index in [1.54, 1.807) is 0 Å². The van der Waals surface area contributed by atoms with Gasteiger partial charge in [0.1, 0.15) is 6.04 Å². The Labute approximate surface area is 131 Å². The molecule has 0 spiro atoms. The van der Waals surface area contributed by atoms with Crippen molar-refractivity contribution in [2.75, 3.05) is 5.32 Å². The molecule has 1 atom stereocenters. The monoisotopic (exact) mass is 343 g/mol. The second kappa shape index (κ2) is 6.91. The first-order chi connectivity index (χ1) is 10.1. The lowest BCUT2D eigenvalue weighted by Gasteiger charge is -2.17. The van der Waals surface area contributed by atoms with Gasteiger partial charge in [-0.05, 0) is 35.4 Å². The van der Waals surface area contributed by atoms with E-state index < -0.39 is 11.9 Å². The molecule has 2 aromatic carbocycles. The van der Waals surface area contributed by atoms with E-state index in [0.29, 0.717) is 6.42 Å². The van der Waals surface area contributed by atoms with Crippen molar-refractivity contribution in [1.82, 2.24) is 0 Å². The van der Waals surface area contributed by atoms with Gasteiger partial charge in [0.15, 0.2) is 0 Å². The van der Waals surface area contributed by atoms with Gasteiger partial charge in [-0.1, -0.05) is 40.2 Å². The Bertz CT molecular complexity index is 659. The summed E-state index contributed by atoms with van der Waals surface area (Å²) in [5.41, 5.74) is 7.99. The van der Waals surface area contributed by atoms with Crippen molar-refractivity contribution in [1.29, 1.82) is 5.26 Å². The van der Waals surface area contributed by atoms with Gasteiger partial charge in [0.2, 0.25) is 5.91 Å². The van der Waals surface area contributed by atoms with E-state index in [-0.39, 0.29) is 0 Å². The minimum absolute atomic E-state index is 0.367. The number of nitriles is 1. The van der Waals surface area contributed by atoms with E-state index in [0.717, 1.165) is 21.3 Å². The Morgan fingerprint density at radius 1 is 1.19 bits per heavy atom. The molecule has 0 unspecified atom stereocenters. The van der Waals surface area contributed by atoms with Crippen molar-refractivity contribution in [2.45, 2.75) is 12.5 Å². The second-order valence-electron chi connectivity index (χ2n) is 4.56. The lowest BCUT2D eigenvalue weighted by atomic mass is 10.1. The van der Waals surface area contributed by atoms with Gasteiger partial charge in [-0.3, -0.25) is 4.79 Å². The number of nitrogens with zero attached hydrogens (tertiary/aromatic N) is 1. The van der Waals surface area contributed by atoms with Crippen molar-refractivity contribution in [2.24, 2.45) is 5.73 Å². The third-order valence-electron chi connectivity index (χ3n) is 3.04. The van der Waals surface area contributed by atoms with Crippen LogP contribution in [0.2, 0.25) is 0 Å². The molecule has 21 heavy (non-hydrogen) atoms. The number of halogens is 1. The molecule has 0 heterocycles. The smallest absolute Gasteiger partial charge is 0.244 e.